The van der Waals surface area contributed by atoms with E-state index in [1.54, 1.807) is 57.2 Å². The first kappa shape index (κ1) is 44.2. The fourth-order valence-electron chi connectivity index (χ4n) is 3.63. The number of hydrogen-bond donors (Lipinski definition) is 0. The average molecular weight is 677 g/mol. The predicted octanol–water partition coefficient (Wildman–Crippen LogP) is 11.9. The van der Waals surface area contributed by atoms with Crippen LogP contribution >= 0.6 is 0 Å². The summed E-state index contributed by atoms with van der Waals surface area (Å²) in [5.41, 5.74) is 1.19. The van der Waals surface area contributed by atoms with E-state index in [0.717, 1.165) is 21.5 Å². The molecule has 0 spiro atoms. The molecule has 0 bridgehead atoms. The average Bonchev–Trinajstić information content (AvgIpc) is 3.15. The van der Waals surface area contributed by atoms with Gasteiger partial charge in [0.1, 0.15) is 17.2 Å². The highest BCUT2D eigenvalue weighted by atomic mass is 16.5. The van der Waals surface area contributed by atoms with Gasteiger partial charge in [-0.1, -0.05) is 152 Å². The number of carbonyl (C=O) groups is 3. The Morgan fingerprint density at radius 2 is 0.700 bits per heavy atom. The molecule has 0 N–H and O–H groups in total. The number of fused-ring (bicyclic) bond motifs is 2. The van der Waals surface area contributed by atoms with E-state index in [-0.39, 0.29) is 5.97 Å². The van der Waals surface area contributed by atoms with Crippen LogP contribution in [0.15, 0.2) is 152 Å². The lowest BCUT2D eigenvalue weighted by Gasteiger charge is -2.06. The zero-order valence-corrected chi connectivity index (χ0v) is 31.0. The van der Waals surface area contributed by atoms with Crippen molar-refractivity contribution in [3.8, 4) is 17.2 Å². The Morgan fingerprint density at radius 3 is 1.06 bits per heavy atom. The molecule has 5 rings (SSSR count). The van der Waals surface area contributed by atoms with Crippen molar-refractivity contribution in [2.24, 2.45) is 0 Å². The third-order valence-electron chi connectivity index (χ3n) is 5.90. The van der Waals surface area contributed by atoms with Gasteiger partial charge in [-0.05, 0) is 55.8 Å². The minimum Gasteiger partial charge on any atom is -0.423 e. The van der Waals surface area contributed by atoms with E-state index in [1.807, 2.05) is 120 Å². The Morgan fingerprint density at radius 1 is 0.400 bits per heavy atom. The van der Waals surface area contributed by atoms with E-state index in [0.29, 0.717) is 34.0 Å². The van der Waals surface area contributed by atoms with E-state index < -0.39 is 11.9 Å². The molecule has 6 heteroatoms. The summed E-state index contributed by atoms with van der Waals surface area (Å²) in [6.45, 7) is 27.5. The molecule has 0 unspecified atom stereocenters. The summed E-state index contributed by atoms with van der Waals surface area (Å²) in [5.74, 6) is 0.525. The molecule has 6 nitrogen and oxygen atoms in total. The van der Waals surface area contributed by atoms with Gasteiger partial charge < -0.3 is 14.2 Å². The summed E-state index contributed by atoms with van der Waals surface area (Å²) >= 11 is 0. The Balaban J connectivity index is 0.000000675. The molecule has 0 aromatic heterocycles. The quantitative estimate of drug-likeness (QED) is 0.101. The molecular weight excluding hydrogens is 624 g/mol. The molecule has 5 aromatic carbocycles. The standard InChI is InChI=1S/2C14H12O2.C10H10O2.3C2H6/c2*1-10(2)14(15)16-13-9-5-7-11-6-3-4-8-12(11)13;1-8(2)10(11)12-9-6-4-3-5-7-9;3*1-2/h2*3-9H,1H2,2H3;3-7H,1H2,2H3;3*1-2H3. The Kier molecular flexibility index (Phi) is 22.4. The van der Waals surface area contributed by atoms with Gasteiger partial charge in [0, 0.05) is 27.5 Å². The molecule has 0 aliphatic heterocycles. The van der Waals surface area contributed by atoms with Crippen molar-refractivity contribution in [1.82, 2.24) is 0 Å². The molecule has 0 fully saturated rings. The fraction of sp³-hybridized carbons (Fsp3) is 0.205. The van der Waals surface area contributed by atoms with Gasteiger partial charge in [-0.2, -0.15) is 0 Å². The van der Waals surface area contributed by atoms with E-state index >= 15 is 0 Å². The highest BCUT2D eigenvalue weighted by molar-refractivity contribution is 5.95. The number of ether oxygens (including phenoxy) is 3. The molecule has 5 aromatic rings. The van der Waals surface area contributed by atoms with Crippen LogP contribution in [0.3, 0.4) is 0 Å². The van der Waals surface area contributed by atoms with Crippen molar-refractivity contribution in [3.63, 3.8) is 0 Å². The first-order valence-corrected chi connectivity index (χ1v) is 16.7. The van der Waals surface area contributed by atoms with Gasteiger partial charge >= 0.3 is 17.9 Å². The van der Waals surface area contributed by atoms with Crippen molar-refractivity contribution in [1.29, 1.82) is 0 Å². The molecule has 0 atom stereocenters. The summed E-state index contributed by atoms with van der Waals surface area (Å²) in [7, 11) is 0. The number of benzene rings is 5. The van der Waals surface area contributed by atoms with Crippen molar-refractivity contribution in [3.05, 3.63) is 152 Å². The number of carbonyl (C=O) groups excluding carboxylic acids is 3. The summed E-state index contributed by atoms with van der Waals surface area (Å²) in [6.07, 6.45) is 0. The lowest BCUT2D eigenvalue weighted by Crippen LogP contribution is -2.08. The number of para-hydroxylation sites is 1. The van der Waals surface area contributed by atoms with Gasteiger partial charge in [-0.25, -0.2) is 14.4 Å². The minimum atomic E-state index is -0.392. The third kappa shape index (κ3) is 15.4. The molecule has 0 radical (unpaired) electrons. The number of esters is 3. The summed E-state index contributed by atoms with van der Waals surface area (Å²) in [4.78, 5) is 33.9. The van der Waals surface area contributed by atoms with Crippen molar-refractivity contribution in [2.45, 2.75) is 62.3 Å². The van der Waals surface area contributed by atoms with Crippen LogP contribution in [0.4, 0.5) is 0 Å². The molecular formula is C44H52O6. The zero-order chi connectivity index (χ0) is 38.1. The van der Waals surface area contributed by atoms with Gasteiger partial charge in [-0.15, -0.1) is 0 Å². The third-order valence-corrected chi connectivity index (χ3v) is 5.90. The molecule has 0 amide bonds. The molecule has 0 aliphatic carbocycles. The smallest absolute Gasteiger partial charge is 0.338 e. The van der Waals surface area contributed by atoms with Crippen LogP contribution < -0.4 is 14.2 Å². The maximum Gasteiger partial charge on any atom is 0.338 e. The SMILES string of the molecule is C=C(C)C(=O)Oc1cccc2ccccc12.C=C(C)C(=O)Oc1cccc2ccccc12.C=C(C)C(=O)Oc1ccccc1.CC.CC.CC. The second-order valence-electron chi connectivity index (χ2n) is 9.78. The predicted molar refractivity (Wildman–Crippen MR) is 210 cm³/mol. The van der Waals surface area contributed by atoms with Gasteiger partial charge in [0.05, 0.1) is 0 Å². The van der Waals surface area contributed by atoms with Crippen LogP contribution in [0.2, 0.25) is 0 Å². The van der Waals surface area contributed by atoms with Crippen molar-refractivity contribution in [2.75, 3.05) is 0 Å². The highest BCUT2D eigenvalue weighted by Crippen LogP contribution is 2.26. The maximum atomic E-state index is 11.4. The van der Waals surface area contributed by atoms with E-state index in [2.05, 4.69) is 19.7 Å². The van der Waals surface area contributed by atoms with Crippen LogP contribution in [-0.2, 0) is 14.4 Å². The molecule has 50 heavy (non-hydrogen) atoms. The number of rotatable bonds is 6. The van der Waals surface area contributed by atoms with Gasteiger partial charge in [0.15, 0.2) is 0 Å². The normalized spacial score (nSPS) is 8.98. The first-order chi connectivity index (χ1) is 24.1. The largest absolute Gasteiger partial charge is 0.423 e. The molecule has 0 saturated heterocycles. The lowest BCUT2D eigenvalue weighted by atomic mass is 10.1. The van der Waals surface area contributed by atoms with Crippen molar-refractivity contribution < 1.29 is 28.6 Å². The first-order valence-electron chi connectivity index (χ1n) is 16.7. The Labute approximate surface area is 298 Å². The monoisotopic (exact) mass is 676 g/mol. The lowest BCUT2D eigenvalue weighted by molar-refractivity contribution is -0.130. The molecule has 264 valence electrons. The van der Waals surface area contributed by atoms with Gasteiger partial charge in [-0.3, -0.25) is 0 Å². The van der Waals surface area contributed by atoms with E-state index in [1.165, 1.54) is 0 Å². The number of hydrogen-bond acceptors (Lipinski definition) is 6. The van der Waals surface area contributed by atoms with Crippen LogP contribution in [0.5, 0.6) is 17.2 Å². The van der Waals surface area contributed by atoms with Crippen molar-refractivity contribution >= 4 is 39.5 Å². The van der Waals surface area contributed by atoms with Crippen LogP contribution in [0, 0.1) is 0 Å². The maximum absolute atomic E-state index is 11.4. The molecule has 0 aliphatic rings. The summed E-state index contributed by atoms with van der Waals surface area (Å²) in [6, 6.07) is 35.7. The van der Waals surface area contributed by atoms with Crippen LogP contribution in [-0.4, -0.2) is 17.9 Å². The van der Waals surface area contributed by atoms with Gasteiger partial charge in [0.25, 0.3) is 0 Å². The van der Waals surface area contributed by atoms with Crippen LogP contribution in [0.25, 0.3) is 21.5 Å². The minimum absolute atomic E-state index is 0.388. The van der Waals surface area contributed by atoms with Gasteiger partial charge in [0.2, 0.25) is 0 Å². The highest BCUT2D eigenvalue weighted by Gasteiger charge is 2.09. The fourth-order valence-corrected chi connectivity index (χ4v) is 3.63. The topological polar surface area (TPSA) is 78.9 Å². The Hall–Kier alpha value is -5.75. The Bertz CT molecular complexity index is 1710. The summed E-state index contributed by atoms with van der Waals surface area (Å²) in [5, 5.41) is 3.96. The zero-order valence-electron chi connectivity index (χ0n) is 31.0. The van der Waals surface area contributed by atoms with E-state index in [4.69, 9.17) is 14.2 Å². The summed E-state index contributed by atoms with van der Waals surface area (Å²) < 4.78 is 15.4. The van der Waals surface area contributed by atoms with E-state index in [9.17, 15) is 14.4 Å². The molecule has 0 heterocycles. The molecule has 0 saturated carbocycles. The second kappa shape index (κ2) is 25.3. The second-order valence-corrected chi connectivity index (χ2v) is 9.78. The van der Waals surface area contributed by atoms with Crippen LogP contribution in [0.1, 0.15) is 62.3 Å².